The van der Waals surface area contributed by atoms with Crippen LogP contribution in [0.15, 0.2) is 65.8 Å². The Kier molecular flexibility index (Phi) is 10.0. The maximum absolute atomic E-state index is 12.6. The van der Waals surface area contributed by atoms with Crippen molar-refractivity contribution >= 4 is 40.0 Å². The summed E-state index contributed by atoms with van der Waals surface area (Å²) < 4.78 is 0. The van der Waals surface area contributed by atoms with Crippen LogP contribution in [0.4, 0.5) is 5.69 Å². The number of anilines is 1. The van der Waals surface area contributed by atoms with Crippen LogP contribution < -0.4 is 33.2 Å². The Morgan fingerprint density at radius 1 is 0.895 bits per heavy atom. The lowest BCUT2D eigenvalue weighted by atomic mass is 10.0. The fourth-order valence-electron chi connectivity index (χ4n) is 3.87. The molecular weight excluding hydrogens is 486 g/mol. The molecule has 0 unspecified atom stereocenters. The van der Waals surface area contributed by atoms with Gasteiger partial charge in [0.05, 0.1) is 18.2 Å². The van der Waals surface area contributed by atoms with E-state index in [1.54, 1.807) is 30.3 Å². The van der Waals surface area contributed by atoms with Crippen LogP contribution in [0.3, 0.4) is 0 Å². The van der Waals surface area contributed by atoms with Gasteiger partial charge in [0.15, 0.2) is 5.84 Å². The molecule has 0 aromatic heterocycles. The predicted molar refractivity (Wildman–Crippen MR) is 147 cm³/mol. The van der Waals surface area contributed by atoms with Crippen LogP contribution in [0.2, 0.25) is 0 Å². The number of nitrogens with one attached hydrogen (secondary N) is 3. The number of carbonyl (C=O) groups is 3. The van der Waals surface area contributed by atoms with Crippen molar-refractivity contribution in [2.45, 2.75) is 25.3 Å². The van der Waals surface area contributed by atoms with Crippen molar-refractivity contribution in [1.29, 1.82) is 0 Å². The van der Waals surface area contributed by atoms with Gasteiger partial charge in [0.2, 0.25) is 11.8 Å². The van der Waals surface area contributed by atoms with E-state index in [4.69, 9.17) is 22.4 Å². The van der Waals surface area contributed by atoms with Gasteiger partial charge in [0, 0.05) is 24.3 Å². The van der Waals surface area contributed by atoms with Gasteiger partial charge >= 0.3 is 0 Å². The number of hydrogen-bond acceptors (Lipinski definition) is 7. The average molecular weight is 520 g/mol. The SMILES string of the molecule is NC(=O)CNC(=O)c1cc2ccccc2cc1NCCCCNC(=O)[C@H](N)Cc1ccc(/C(N)=N/O)cc1. The van der Waals surface area contributed by atoms with E-state index in [9.17, 15) is 14.4 Å². The van der Waals surface area contributed by atoms with Gasteiger partial charge in [-0.2, -0.15) is 0 Å². The first kappa shape index (κ1) is 27.9. The number of unbranched alkanes of at least 4 members (excludes halogenated alkanes) is 1. The van der Waals surface area contributed by atoms with Gasteiger partial charge in [-0.05, 0) is 47.7 Å². The number of hydrogen-bond donors (Lipinski definition) is 7. The predicted octanol–water partition coefficient (Wildman–Crippen LogP) is 1.03. The van der Waals surface area contributed by atoms with Crippen molar-refractivity contribution in [3.05, 3.63) is 77.4 Å². The minimum absolute atomic E-state index is 0.0104. The molecule has 1 atom stereocenters. The lowest BCUT2D eigenvalue weighted by molar-refractivity contribution is -0.122. The van der Waals surface area contributed by atoms with E-state index in [0.29, 0.717) is 42.7 Å². The molecule has 3 aromatic rings. The smallest absolute Gasteiger partial charge is 0.253 e. The van der Waals surface area contributed by atoms with E-state index in [2.05, 4.69) is 21.1 Å². The van der Waals surface area contributed by atoms with E-state index in [0.717, 1.165) is 22.8 Å². The van der Waals surface area contributed by atoms with E-state index < -0.39 is 17.9 Å². The molecule has 0 spiro atoms. The zero-order valence-electron chi connectivity index (χ0n) is 20.9. The highest BCUT2D eigenvalue weighted by atomic mass is 16.4. The average Bonchev–Trinajstić information content (AvgIpc) is 2.92. The van der Waals surface area contributed by atoms with E-state index in [1.807, 2.05) is 30.3 Å². The first-order chi connectivity index (χ1) is 18.3. The third-order valence-corrected chi connectivity index (χ3v) is 5.92. The second-order valence-corrected chi connectivity index (χ2v) is 8.81. The molecule has 0 heterocycles. The number of amides is 3. The van der Waals surface area contributed by atoms with Gasteiger partial charge in [-0.3, -0.25) is 14.4 Å². The summed E-state index contributed by atoms with van der Waals surface area (Å²) in [6.07, 6.45) is 1.79. The van der Waals surface area contributed by atoms with Gasteiger partial charge in [-0.15, -0.1) is 0 Å². The number of nitrogens with zero attached hydrogens (tertiary/aromatic N) is 1. The number of oxime groups is 1. The number of carbonyl (C=O) groups excluding carboxylic acids is 3. The Labute approximate surface area is 220 Å². The quantitative estimate of drug-likeness (QED) is 0.0575. The number of amidine groups is 1. The first-order valence-electron chi connectivity index (χ1n) is 12.2. The van der Waals surface area contributed by atoms with Crippen LogP contribution in [0.1, 0.15) is 34.3 Å². The Bertz CT molecular complexity index is 1310. The molecule has 0 bridgehead atoms. The van der Waals surface area contributed by atoms with Crippen LogP contribution in [0.25, 0.3) is 10.8 Å². The number of rotatable bonds is 13. The summed E-state index contributed by atoms with van der Waals surface area (Å²) >= 11 is 0. The van der Waals surface area contributed by atoms with Crippen LogP contribution in [0.5, 0.6) is 0 Å². The number of fused-ring (bicyclic) bond motifs is 1. The first-order valence-corrected chi connectivity index (χ1v) is 12.2. The van der Waals surface area contributed by atoms with Gasteiger partial charge < -0.3 is 38.4 Å². The summed E-state index contributed by atoms with van der Waals surface area (Å²) in [6, 6.07) is 17.6. The van der Waals surface area contributed by atoms with Gasteiger partial charge in [0.25, 0.3) is 5.91 Å². The molecule has 0 saturated carbocycles. The lowest BCUT2D eigenvalue weighted by Gasteiger charge is -2.15. The van der Waals surface area contributed by atoms with E-state index >= 15 is 0 Å². The largest absolute Gasteiger partial charge is 0.409 e. The van der Waals surface area contributed by atoms with Crippen LogP contribution >= 0.6 is 0 Å². The molecule has 0 radical (unpaired) electrons. The Hall–Kier alpha value is -4.64. The lowest BCUT2D eigenvalue weighted by Crippen LogP contribution is -2.42. The molecule has 38 heavy (non-hydrogen) atoms. The molecule has 0 aliphatic heterocycles. The standard InChI is InChI=1S/C27H33N7O4/c28-22(13-17-7-9-18(10-8-17)25(30)34-38)27(37)32-12-4-3-11-31-23-15-20-6-2-1-5-19(20)14-21(23)26(36)33-16-24(29)35/h1-2,5-10,14-15,22,31,38H,3-4,11-13,16,28H2,(H2,29,35)(H2,30,34)(H,32,37)(H,33,36)/t22-/m1/s1. The van der Waals surface area contributed by atoms with Crippen molar-refractivity contribution in [3.8, 4) is 0 Å². The maximum atomic E-state index is 12.6. The number of primary amides is 1. The Morgan fingerprint density at radius 2 is 1.55 bits per heavy atom. The minimum atomic E-state index is -0.707. The highest BCUT2D eigenvalue weighted by Crippen LogP contribution is 2.24. The highest BCUT2D eigenvalue weighted by molar-refractivity contribution is 6.05. The van der Waals surface area contributed by atoms with Crippen LogP contribution in [-0.2, 0) is 16.0 Å². The maximum Gasteiger partial charge on any atom is 0.253 e. The molecule has 3 aromatic carbocycles. The highest BCUT2D eigenvalue weighted by Gasteiger charge is 2.15. The van der Waals surface area contributed by atoms with Crippen molar-refractivity contribution in [2.24, 2.45) is 22.4 Å². The van der Waals surface area contributed by atoms with Gasteiger partial charge in [-0.25, -0.2) is 0 Å². The van der Waals surface area contributed by atoms with E-state index in [1.165, 1.54) is 0 Å². The summed E-state index contributed by atoms with van der Waals surface area (Å²) in [6.45, 7) is 0.786. The van der Waals surface area contributed by atoms with Crippen molar-refractivity contribution in [2.75, 3.05) is 25.0 Å². The third kappa shape index (κ3) is 7.93. The molecule has 11 nitrogen and oxygen atoms in total. The molecule has 3 amide bonds. The van der Waals surface area contributed by atoms with Crippen molar-refractivity contribution < 1.29 is 19.6 Å². The summed E-state index contributed by atoms with van der Waals surface area (Å²) in [5.74, 6) is -1.25. The van der Waals surface area contributed by atoms with Crippen LogP contribution in [0, 0.1) is 0 Å². The molecule has 11 heteroatoms. The van der Waals surface area contributed by atoms with E-state index in [-0.39, 0.29) is 18.3 Å². The monoisotopic (exact) mass is 519 g/mol. The minimum Gasteiger partial charge on any atom is -0.409 e. The third-order valence-electron chi connectivity index (χ3n) is 5.92. The second-order valence-electron chi connectivity index (χ2n) is 8.81. The normalized spacial score (nSPS) is 12.1. The molecule has 0 aliphatic carbocycles. The summed E-state index contributed by atoms with van der Waals surface area (Å²) in [5.41, 5.74) is 19.2. The number of nitrogens with two attached hydrogens (primary N) is 3. The van der Waals surface area contributed by atoms with Crippen molar-refractivity contribution in [1.82, 2.24) is 10.6 Å². The molecule has 3 rings (SSSR count). The Morgan fingerprint density at radius 3 is 2.21 bits per heavy atom. The zero-order valence-corrected chi connectivity index (χ0v) is 20.9. The molecule has 200 valence electrons. The Balaban J connectivity index is 1.46. The summed E-state index contributed by atoms with van der Waals surface area (Å²) in [7, 11) is 0. The summed E-state index contributed by atoms with van der Waals surface area (Å²) in [4.78, 5) is 36.1. The van der Waals surface area contributed by atoms with Crippen LogP contribution in [-0.4, -0.2) is 54.4 Å². The number of benzene rings is 3. The van der Waals surface area contributed by atoms with Gasteiger partial charge in [0.1, 0.15) is 0 Å². The second kappa shape index (κ2) is 13.6. The fourth-order valence-corrected chi connectivity index (χ4v) is 3.87. The molecule has 0 fully saturated rings. The van der Waals surface area contributed by atoms with Gasteiger partial charge in [-0.1, -0.05) is 53.7 Å². The molecule has 0 saturated heterocycles. The fraction of sp³-hybridized carbons (Fsp3) is 0.259. The molecular formula is C27H33N7O4. The molecule has 0 aliphatic rings. The van der Waals surface area contributed by atoms with Crippen molar-refractivity contribution in [3.63, 3.8) is 0 Å². The zero-order chi connectivity index (χ0) is 27.5. The topological polar surface area (TPSA) is 198 Å². The summed E-state index contributed by atoms with van der Waals surface area (Å²) in [5, 5.41) is 22.2. The molecule has 10 N–H and O–H groups in total.